The van der Waals surface area contributed by atoms with E-state index in [1.54, 1.807) is 19.0 Å². The molecule has 0 saturated heterocycles. The summed E-state index contributed by atoms with van der Waals surface area (Å²) in [5.41, 5.74) is 7.74. The molecular formula is C13H21N3O. The number of nitrogens with two attached hydrogens (primary N) is 1. The van der Waals surface area contributed by atoms with E-state index in [1.807, 2.05) is 36.1 Å². The van der Waals surface area contributed by atoms with Crippen molar-refractivity contribution in [2.24, 2.45) is 5.73 Å². The van der Waals surface area contributed by atoms with Crippen molar-refractivity contribution < 1.29 is 4.79 Å². The van der Waals surface area contributed by atoms with Crippen LogP contribution >= 0.6 is 0 Å². The van der Waals surface area contributed by atoms with Crippen molar-refractivity contribution in [3.63, 3.8) is 0 Å². The summed E-state index contributed by atoms with van der Waals surface area (Å²) < 4.78 is 0. The summed E-state index contributed by atoms with van der Waals surface area (Å²) in [5.74, 6) is 0.102. The molecule has 0 aromatic heterocycles. The molecule has 1 amide bonds. The van der Waals surface area contributed by atoms with Gasteiger partial charge in [0.2, 0.25) is 5.91 Å². The Labute approximate surface area is 103 Å². The van der Waals surface area contributed by atoms with Crippen molar-refractivity contribution in [3.8, 4) is 0 Å². The molecule has 0 unspecified atom stereocenters. The average Bonchev–Trinajstić information content (AvgIpc) is 2.35. The second-order valence-electron chi connectivity index (χ2n) is 4.18. The zero-order chi connectivity index (χ0) is 12.8. The van der Waals surface area contributed by atoms with Crippen molar-refractivity contribution in [1.29, 1.82) is 0 Å². The number of nitrogens with zero attached hydrogens (tertiary/aromatic N) is 2. The molecule has 2 N–H and O–H groups in total. The Bertz CT molecular complexity index is 377. The van der Waals surface area contributed by atoms with Crippen molar-refractivity contribution >= 4 is 11.6 Å². The minimum absolute atomic E-state index is 0.102. The molecule has 17 heavy (non-hydrogen) atoms. The Kier molecular flexibility index (Phi) is 4.97. The van der Waals surface area contributed by atoms with Crippen molar-refractivity contribution in [1.82, 2.24) is 4.90 Å². The Hall–Kier alpha value is -1.55. The van der Waals surface area contributed by atoms with Crippen LogP contribution in [0.15, 0.2) is 24.3 Å². The fourth-order valence-electron chi connectivity index (χ4n) is 1.57. The molecule has 0 spiro atoms. The smallest absolute Gasteiger partial charge is 0.241 e. The van der Waals surface area contributed by atoms with Crippen LogP contribution in [0.1, 0.15) is 12.5 Å². The van der Waals surface area contributed by atoms with E-state index < -0.39 is 0 Å². The lowest BCUT2D eigenvalue weighted by Gasteiger charge is -2.24. The van der Waals surface area contributed by atoms with E-state index in [2.05, 4.69) is 0 Å². The Morgan fingerprint density at radius 2 is 2.06 bits per heavy atom. The van der Waals surface area contributed by atoms with E-state index in [0.717, 1.165) is 17.8 Å². The molecule has 0 atom stereocenters. The lowest BCUT2D eigenvalue weighted by molar-refractivity contribution is -0.127. The van der Waals surface area contributed by atoms with Gasteiger partial charge in [-0.25, -0.2) is 0 Å². The van der Waals surface area contributed by atoms with Crippen LogP contribution in [0.25, 0.3) is 0 Å². The molecule has 1 rings (SSSR count). The van der Waals surface area contributed by atoms with Gasteiger partial charge in [-0.15, -0.1) is 0 Å². The van der Waals surface area contributed by atoms with Gasteiger partial charge in [0.15, 0.2) is 0 Å². The summed E-state index contributed by atoms with van der Waals surface area (Å²) in [6, 6.07) is 8.00. The summed E-state index contributed by atoms with van der Waals surface area (Å²) in [6.07, 6.45) is 0. The molecule has 1 aromatic rings. The second-order valence-corrected chi connectivity index (χ2v) is 4.18. The van der Waals surface area contributed by atoms with Gasteiger partial charge in [0.25, 0.3) is 0 Å². The van der Waals surface area contributed by atoms with Crippen LogP contribution in [0.4, 0.5) is 5.69 Å². The number of likely N-dealkylation sites (N-methyl/N-ethyl adjacent to an activating group) is 2. The maximum absolute atomic E-state index is 11.7. The fraction of sp³-hybridized carbons (Fsp3) is 0.462. The van der Waals surface area contributed by atoms with Crippen molar-refractivity contribution in [2.45, 2.75) is 13.5 Å². The summed E-state index contributed by atoms with van der Waals surface area (Å²) in [5, 5.41) is 0. The summed E-state index contributed by atoms with van der Waals surface area (Å²) in [6.45, 7) is 3.76. The first-order chi connectivity index (χ1) is 8.08. The van der Waals surface area contributed by atoms with Crippen molar-refractivity contribution in [3.05, 3.63) is 29.8 Å². The third kappa shape index (κ3) is 3.75. The van der Waals surface area contributed by atoms with Gasteiger partial charge in [-0.3, -0.25) is 4.79 Å². The van der Waals surface area contributed by atoms with Gasteiger partial charge in [0.1, 0.15) is 0 Å². The topological polar surface area (TPSA) is 49.6 Å². The van der Waals surface area contributed by atoms with E-state index in [0.29, 0.717) is 13.1 Å². The van der Waals surface area contributed by atoms with Crippen LogP contribution in [0.5, 0.6) is 0 Å². The van der Waals surface area contributed by atoms with Gasteiger partial charge in [-0.05, 0) is 24.6 Å². The minimum atomic E-state index is 0.102. The SMILES string of the molecule is CCN(CC(=O)N(C)C)c1cccc(CN)c1. The molecular weight excluding hydrogens is 214 g/mol. The molecule has 0 heterocycles. The number of hydrogen-bond acceptors (Lipinski definition) is 3. The highest BCUT2D eigenvalue weighted by Gasteiger charge is 2.11. The molecule has 0 fully saturated rings. The van der Waals surface area contributed by atoms with E-state index >= 15 is 0 Å². The predicted molar refractivity (Wildman–Crippen MR) is 70.9 cm³/mol. The van der Waals surface area contributed by atoms with Crippen LogP contribution in [0.2, 0.25) is 0 Å². The molecule has 0 bridgehead atoms. The first-order valence-electron chi connectivity index (χ1n) is 5.82. The third-order valence-corrected chi connectivity index (χ3v) is 2.72. The summed E-state index contributed by atoms with van der Waals surface area (Å²) >= 11 is 0. The van der Waals surface area contributed by atoms with Crippen molar-refractivity contribution in [2.75, 3.05) is 32.1 Å². The minimum Gasteiger partial charge on any atom is -0.362 e. The van der Waals surface area contributed by atoms with Gasteiger partial charge in [-0.1, -0.05) is 12.1 Å². The zero-order valence-electron chi connectivity index (χ0n) is 10.8. The number of carbonyl (C=O) groups is 1. The molecule has 0 aliphatic carbocycles. The number of amides is 1. The first kappa shape index (κ1) is 13.5. The third-order valence-electron chi connectivity index (χ3n) is 2.72. The van der Waals surface area contributed by atoms with Gasteiger partial charge in [0, 0.05) is 32.9 Å². The highest BCUT2D eigenvalue weighted by molar-refractivity contribution is 5.81. The zero-order valence-corrected chi connectivity index (χ0v) is 10.8. The molecule has 4 nitrogen and oxygen atoms in total. The summed E-state index contributed by atoms with van der Waals surface area (Å²) in [4.78, 5) is 15.3. The molecule has 0 aliphatic rings. The van der Waals surface area contributed by atoms with E-state index in [-0.39, 0.29) is 5.91 Å². The number of anilines is 1. The van der Waals surface area contributed by atoms with E-state index in [1.165, 1.54) is 0 Å². The van der Waals surface area contributed by atoms with Crippen LogP contribution in [0, 0.1) is 0 Å². The molecule has 1 aromatic carbocycles. The monoisotopic (exact) mass is 235 g/mol. The Morgan fingerprint density at radius 1 is 1.35 bits per heavy atom. The van der Waals surface area contributed by atoms with Gasteiger partial charge >= 0.3 is 0 Å². The maximum Gasteiger partial charge on any atom is 0.241 e. The van der Waals surface area contributed by atoms with Gasteiger partial charge < -0.3 is 15.5 Å². The number of rotatable bonds is 5. The van der Waals surface area contributed by atoms with Crippen LogP contribution in [-0.2, 0) is 11.3 Å². The standard InChI is InChI=1S/C13H21N3O/c1-4-16(10-13(17)15(2)3)12-7-5-6-11(8-12)9-14/h5-8H,4,9-10,14H2,1-3H3. The number of hydrogen-bond donors (Lipinski definition) is 1. The van der Waals surface area contributed by atoms with Crippen LogP contribution in [-0.4, -0.2) is 38.0 Å². The number of benzene rings is 1. The fourth-order valence-corrected chi connectivity index (χ4v) is 1.57. The Balaban J connectivity index is 2.82. The quantitative estimate of drug-likeness (QED) is 0.830. The Morgan fingerprint density at radius 3 is 2.59 bits per heavy atom. The van der Waals surface area contributed by atoms with Gasteiger partial charge in [-0.2, -0.15) is 0 Å². The lowest BCUT2D eigenvalue weighted by atomic mass is 10.2. The maximum atomic E-state index is 11.7. The second kappa shape index (κ2) is 6.25. The molecule has 4 heteroatoms. The highest BCUT2D eigenvalue weighted by atomic mass is 16.2. The van der Waals surface area contributed by atoms with E-state index in [4.69, 9.17) is 5.73 Å². The highest BCUT2D eigenvalue weighted by Crippen LogP contribution is 2.15. The largest absolute Gasteiger partial charge is 0.362 e. The number of carbonyl (C=O) groups excluding carboxylic acids is 1. The summed E-state index contributed by atoms with van der Waals surface area (Å²) in [7, 11) is 3.54. The molecule has 0 aliphatic heterocycles. The normalized spacial score (nSPS) is 10.1. The molecule has 0 saturated carbocycles. The van der Waals surface area contributed by atoms with Crippen LogP contribution < -0.4 is 10.6 Å². The van der Waals surface area contributed by atoms with Gasteiger partial charge in [0.05, 0.1) is 6.54 Å². The first-order valence-corrected chi connectivity index (χ1v) is 5.82. The molecule has 94 valence electrons. The van der Waals surface area contributed by atoms with E-state index in [9.17, 15) is 4.79 Å². The average molecular weight is 235 g/mol. The lowest BCUT2D eigenvalue weighted by Crippen LogP contribution is -2.36. The predicted octanol–water partition coefficient (Wildman–Crippen LogP) is 1.06. The van der Waals surface area contributed by atoms with Crippen LogP contribution in [0.3, 0.4) is 0 Å². The molecule has 0 radical (unpaired) electrons.